The van der Waals surface area contributed by atoms with Crippen LogP contribution in [0.15, 0.2) is 23.1 Å². The zero-order valence-corrected chi connectivity index (χ0v) is 9.05. The molecule has 1 aromatic heterocycles. The van der Waals surface area contributed by atoms with Gasteiger partial charge in [-0.05, 0) is 6.07 Å². The lowest BCUT2D eigenvalue weighted by Crippen LogP contribution is -2.45. The van der Waals surface area contributed by atoms with Crippen molar-refractivity contribution in [3.63, 3.8) is 0 Å². The minimum Gasteiger partial charge on any atom is -0.360 e. The van der Waals surface area contributed by atoms with E-state index in [9.17, 15) is 9.59 Å². The Bertz CT molecular complexity index is 517. The van der Waals surface area contributed by atoms with E-state index >= 15 is 0 Å². The van der Waals surface area contributed by atoms with Gasteiger partial charge in [0.1, 0.15) is 0 Å². The van der Waals surface area contributed by atoms with Gasteiger partial charge >= 0.3 is 0 Å². The van der Waals surface area contributed by atoms with Crippen molar-refractivity contribution >= 4 is 5.91 Å². The fraction of sp³-hybridized carbons (Fsp3) is 0.364. The Morgan fingerprint density at radius 1 is 1.65 bits per heavy atom. The number of pyridine rings is 1. The summed E-state index contributed by atoms with van der Waals surface area (Å²) in [6, 6.07) is 4.76. The normalized spacial score (nSPS) is 19.7. The maximum atomic E-state index is 12.0. The standard InChI is InChI=1S/C11H11N3O3/c12-6-9-7-14(3-4-17-9)11(16)8-1-2-13-10(15)5-8/h1-2,5,9H,3-4,7H2,(H,13,15). The first-order valence-electron chi connectivity index (χ1n) is 5.20. The number of aromatic nitrogens is 1. The molecule has 1 aromatic rings. The molecular weight excluding hydrogens is 222 g/mol. The Balaban J connectivity index is 2.15. The highest BCUT2D eigenvalue weighted by Crippen LogP contribution is 2.08. The van der Waals surface area contributed by atoms with Crippen LogP contribution in [0.2, 0.25) is 0 Å². The molecule has 88 valence electrons. The zero-order chi connectivity index (χ0) is 12.3. The molecule has 1 saturated heterocycles. The first kappa shape index (κ1) is 11.4. The highest BCUT2D eigenvalue weighted by molar-refractivity contribution is 5.94. The van der Waals surface area contributed by atoms with Crippen LogP contribution in [0.25, 0.3) is 0 Å². The van der Waals surface area contributed by atoms with Crippen LogP contribution < -0.4 is 5.56 Å². The summed E-state index contributed by atoms with van der Waals surface area (Å²) in [5.74, 6) is -0.250. The minimum atomic E-state index is -0.588. The van der Waals surface area contributed by atoms with Crippen LogP contribution in [-0.2, 0) is 4.74 Å². The number of nitrogens with one attached hydrogen (secondary N) is 1. The fourth-order valence-electron chi connectivity index (χ4n) is 1.67. The van der Waals surface area contributed by atoms with E-state index in [1.807, 2.05) is 6.07 Å². The second-order valence-electron chi connectivity index (χ2n) is 3.68. The van der Waals surface area contributed by atoms with E-state index in [0.29, 0.717) is 18.7 Å². The largest absolute Gasteiger partial charge is 0.360 e. The highest BCUT2D eigenvalue weighted by atomic mass is 16.5. The van der Waals surface area contributed by atoms with Gasteiger partial charge in [-0.15, -0.1) is 0 Å². The molecule has 6 heteroatoms. The van der Waals surface area contributed by atoms with Crippen molar-refractivity contribution in [2.75, 3.05) is 19.7 Å². The van der Waals surface area contributed by atoms with Crippen LogP contribution >= 0.6 is 0 Å². The van der Waals surface area contributed by atoms with Crippen molar-refractivity contribution in [2.24, 2.45) is 0 Å². The average molecular weight is 233 g/mol. The molecule has 1 N–H and O–H groups in total. The van der Waals surface area contributed by atoms with Crippen LogP contribution in [0.4, 0.5) is 0 Å². The summed E-state index contributed by atoms with van der Waals surface area (Å²) < 4.78 is 5.14. The van der Waals surface area contributed by atoms with Crippen molar-refractivity contribution in [2.45, 2.75) is 6.10 Å². The first-order chi connectivity index (χ1) is 8.20. The Hall–Kier alpha value is -2.13. The van der Waals surface area contributed by atoms with Gasteiger partial charge in [-0.3, -0.25) is 9.59 Å². The average Bonchev–Trinajstić information content (AvgIpc) is 2.38. The number of carbonyl (C=O) groups excluding carboxylic acids is 1. The molecular formula is C11H11N3O3. The quantitative estimate of drug-likeness (QED) is 0.724. The summed E-state index contributed by atoms with van der Waals surface area (Å²) in [4.78, 5) is 27.1. The van der Waals surface area contributed by atoms with Crippen molar-refractivity contribution in [1.82, 2.24) is 9.88 Å². The molecule has 0 bridgehead atoms. The summed E-state index contributed by atoms with van der Waals surface area (Å²) in [7, 11) is 0. The fourth-order valence-corrected chi connectivity index (χ4v) is 1.67. The van der Waals surface area contributed by atoms with Gasteiger partial charge in [0.25, 0.3) is 5.91 Å². The molecule has 0 spiro atoms. The Labute approximate surface area is 97.4 Å². The van der Waals surface area contributed by atoms with Gasteiger partial charge in [0.15, 0.2) is 6.10 Å². The second kappa shape index (κ2) is 4.80. The lowest BCUT2D eigenvalue weighted by atomic mass is 10.2. The molecule has 0 saturated carbocycles. The van der Waals surface area contributed by atoms with E-state index in [-0.39, 0.29) is 18.0 Å². The smallest absolute Gasteiger partial charge is 0.254 e. The number of rotatable bonds is 1. The van der Waals surface area contributed by atoms with Crippen molar-refractivity contribution < 1.29 is 9.53 Å². The topological polar surface area (TPSA) is 86.2 Å². The number of morpholine rings is 1. The predicted octanol–water partition coefficient (Wildman–Crippen LogP) is -0.261. The monoisotopic (exact) mass is 233 g/mol. The molecule has 1 aliphatic rings. The number of amides is 1. The number of aromatic amines is 1. The Kier molecular flexibility index (Phi) is 3.21. The number of carbonyl (C=O) groups is 1. The van der Waals surface area contributed by atoms with E-state index in [2.05, 4.69) is 4.98 Å². The Morgan fingerprint density at radius 2 is 2.47 bits per heavy atom. The van der Waals surface area contributed by atoms with Crippen LogP contribution in [-0.4, -0.2) is 41.6 Å². The maximum Gasteiger partial charge on any atom is 0.254 e. The van der Waals surface area contributed by atoms with E-state index < -0.39 is 6.10 Å². The summed E-state index contributed by atoms with van der Waals surface area (Å²) in [5.41, 5.74) is 0.00767. The molecule has 1 amide bonds. The van der Waals surface area contributed by atoms with Gasteiger partial charge in [0, 0.05) is 24.4 Å². The van der Waals surface area contributed by atoms with Crippen LogP contribution in [0, 0.1) is 11.3 Å². The van der Waals surface area contributed by atoms with Gasteiger partial charge < -0.3 is 14.6 Å². The van der Waals surface area contributed by atoms with Crippen LogP contribution in [0.1, 0.15) is 10.4 Å². The maximum absolute atomic E-state index is 12.0. The molecule has 1 atom stereocenters. The summed E-state index contributed by atoms with van der Waals surface area (Å²) in [6.07, 6.45) is 0.840. The number of nitrogens with zero attached hydrogens (tertiary/aromatic N) is 2. The number of hydrogen-bond donors (Lipinski definition) is 1. The van der Waals surface area contributed by atoms with Gasteiger partial charge in [-0.1, -0.05) is 0 Å². The number of nitriles is 1. The molecule has 0 aromatic carbocycles. The molecule has 0 aliphatic carbocycles. The third-order valence-electron chi connectivity index (χ3n) is 2.52. The van der Waals surface area contributed by atoms with Gasteiger partial charge in [-0.2, -0.15) is 5.26 Å². The number of hydrogen-bond acceptors (Lipinski definition) is 4. The number of H-pyrrole nitrogens is 1. The number of ether oxygens (including phenoxy) is 1. The summed E-state index contributed by atoms with van der Waals surface area (Å²) in [6.45, 7) is 1.01. The summed E-state index contributed by atoms with van der Waals surface area (Å²) >= 11 is 0. The predicted molar refractivity (Wildman–Crippen MR) is 58.3 cm³/mol. The van der Waals surface area contributed by atoms with E-state index in [4.69, 9.17) is 10.00 Å². The van der Waals surface area contributed by atoms with E-state index in [1.165, 1.54) is 17.2 Å². The van der Waals surface area contributed by atoms with Gasteiger partial charge in [0.2, 0.25) is 5.56 Å². The molecule has 1 fully saturated rings. The van der Waals surface area contributed by atoms with Crippen molar-refractivity contribution in [3.05, 3.63) is 34.2 Å². The highest BCUT2D eigenvalue weighted by Gasteiger charge is 2.24. The lowest BCUT2D eigenvalue weighted by Gasteiger charge is -2.29. The molecule has 17 heavy (non-hydrogen) atoms. The molecule has 2 rings (SSSR count). The molecule has 2 heterocycles. The SMILES string of the molecule is N#CC1CN(C(=O)c2cc[nH]c(=O)c2)CCO1. The molecule has 1 unspecified atom stereocenters. The van der Waals surface area contributed by atoms with Gasteiger partial charge in [0.05, 0.1) is 19.2 Å². The molecule has 6 nitrogen and oxygen atoms in total. The lowest BCUT2D eigenvalue weighted by molar-refractivity contribution is 0.00346. The zero-order valence-electron chi connectivity index (χ0n) is 9.05. The van der Waals surface area contributed by atoms with E-state index in [1.54, 1.807) is 6.07 Å². The molecule has 1 aliphatic heterocycles. The second-order valence-corrected chi connectivity index (χ2v) is 3.68. The Morgan fingerprint density at radius 3 is 3.18 bits per heavy atom. The third-order valence-corrected chi connectivity index (χ3v) is 2.52. The van der Waals surface area contributed by atoms with Crippen LogP contribution in [0.5, 0.6) is 0 Å². The first-order valence-corrected chi connectivity index (χ1v) is 5.20. The minimum absolute atomic E-state index is 0.238. The van der Waals surface area contributed by atoms with Crippen molar-refractivity contribution in [1.29, 1.82) is 5.26 Å². The van der Waals surface area contributed by atoms with Crippen molar-refractivity contribution in [3.8, 4) is 6.07 Å². The third kappa shape index (κ3) is 2.52. The molecule has 0 radical (unpaired) electrons. The summed E-state index contributed by atoms with van der Waals surface area (Å²) in [5, 5.41) is 8.74. The van der Waals surface area contributed by atoms with Crippen LogP contribution in [0.3, 0.4) is 0 Å². The van der Waals surface area contributed by atoms with E-state index in [0.717, 1.165) is 0 Å². The van der Waals surface area contributed by atoms with Gasteiger partial charge in [-0.25, -0.2) is 0 Å².